The number of carbonyl (C=O) groups excluding carboxylic acids is 1. The molecule has 1 aromatic rings. The van der Waals surface area contributed by atoms with Crippen LogP contribution in [-0.4, -0.2) is 23.3 Å². The van der Waals surface area contributed by atoms with E-state index in [-0.39, 0.29) is 12.0 Å². The maximum atomic E-state index is 12.1. The Morgan fingerprint density at radius 3 is 2.47 bits per heavy atom. The number of carbonyl (C=O) groups is 1. The molecule has 0 spiro atoms. The van der Waals surface area contributed by atoms with Crippen molar-refractivity contribution in [1.29, 1.82) is 0 Å². The fourth-order valence-electron chi connectivity index (χ4n) is 2.55. The van der Waals surface area contributed by atoms with Crippen molar-refractivity contribution in [2.45, 2.75) is 33.4 Å². The molecule has 0 aromatic heterocycles. The molecule has 0 bridgehead atoms. The van der Waals surface area contributed by atoms with Crippen molar-refractivity contribution in [3.63, 3.8) is 0 Å². The summed E-state index contributed by atoms with van der Waals surface area (Å²) in [5, 5.41) is 0. The Hall–Kier alpha value is -1.15. The molecule has 2 rings (SSSR count). The fraction of sp³-hybridized carbons (Fsp3) is 0.533. The Kier molecular flexibility index (Phi) is 3.63. The molecule has 1 aliphatic heterocycles. The van der Waals surface area contributed by atoms with Crippen molar-refractivity contribution in [1.82, 2.24) is 4.90 Å². The number of piperidine rings is 1. The van der Waals surface area contributed by atoms with Gasteiger partial charge in [-0.2, -0.15) is 0 Å². The summed E-state index contributed by atoms with van der Waals surface area (Å²) in [7, 11) is 0. The number of hydrogen-bond donors (Lipinski definition) is 0. The van der Waals surface area contributed by atoms with Gasteiger partial charge in [0.05, 0.1) is 6.04 Å². The summed E-state index contributed by atoms with van der Waals surface area (Å²) < 4.78 is 0. The van der Waals surface area contributed by atoms with Crippen molar-refractivity contribution in [2.75, 3.05) is 6.54 Å². The van der Waals surface area contributed by atoms with Gasteiger partial charge in [-0.15, -0.1) is 0 Å². The number of rotatable bonds is 2. The molecule has 1 fully saturated rings. The molecule has 2 nitrogen and oxygen atoms in total. The first-order valence-electron chi connectivity index (χ1n) is 6.41. The first kappa shape index (κ1) is 12.3. The van der Waals surface area contributed by atoms with E-state index in [1.54, 1.807) is 0 Å². The van der Waals surface area contributed by atoms with E-state index >= 15 is 0 Å². The van der Waals surface area contributed by atoms with E-state index in [2.05, 4.69) is 43.0 Å². The van der Waals surface area contributed by atoms with Crippen molar-refractivity contribution in [3.05, 3.63) is 35.9 Å². The topological polar surface area (TPSA) is 20.3 Å². The Morgan fingerprint density at radius 2 is 1.82 bits per heavy atom. The molecule has 0 aliphatic carbocycles. The summed E-state index contributed by atoms with van der Waals surface area (Å²) in [6.07, 6.45) is 0. The molecule has 0 N–H and O–H groups in total. The lowest BCUT2D eigenvalue weighted by Crippen LogP contribution is -2.50. The largest absolute Gasteiger partial charge is 0.298 e. The van der Waals surface area contributed by atoms with Gasteiger partial charge < -0.3 is 0 Å². The Labute approximate surface area is 104 Å². The molecule has 92 valence electrons. The molecular formula is C15H21NO. The third-order valence-electron chi connectivity index (χ3n) is 4.01. The van der Waals surface area contributed by atoms with E-state index in [1.807, 2.05) is 13.0 Å². The predicted octanol–water partition coefficient (Wildman–Crippen LogP) is 2.73. The minimum atomic E-state index is 0.0569. The summed E-state index contributed by atoms with van der Waals surface area (Å²) in [6.45, 7) is 8.16. The molecule has 1 heterocycles. The molecule has 0 amide bonds. The maximum Gasteiger partial charge on any atom is 0.152 e. The summed E-state index contributed by atoms with van der Waals surface area (Å²) in [5.74, 6) is 1.05. The Morgan fingerprint density at radius 1 is 1.18 bits per heavy atom. The van der Waals surface area contributed by atoms with Crippen LogP contribution in [0.25, 0.3) is 0 Å². The van der Waals surface area contributed by atoms with E-state index < -0.39 is 0 Å². The maximum absolute atomic E-state index is 12.1. The van der Waals surface area contributed by atoms with E-state index in [4.69, 9.17) is 0 Å². The van der Waals surface area contributed by atoms with Crippen molar-refractivity contribution >= 4 is 5.78 Å². The standard InChI is InChI=1S/C15H21NO/c1-11-9-16(13(3)15(17)12(11)2)10-14-7-5-4-6-8-14/h4-8,11-13H,9-10H2,1-3H3/t11-,12+,13+/m1/s1. The van der Waals surface area contributed by atoms with Crippen LogP contribution in [0.3, 0.4) is 0 Å². The van der Waals surface area contributed by atoms with Crippen LogP contribution in [0.1, 0.15) is 26.3 Å². The predicted molar refractivity (Wildman–Crippen MR) is 69.6 cm³/mol. The van der Waals surface area contributed by atoms with Gasteiger partial charge in [0.1, 0.15) is 0 Å². The van der Waals surface area contributed by atoms with E-state index in [0.717, 1.165) is 13.1 Å². The quantitative estimate of drug-likeness (QED) is 0.780. The molecule has 2 heteroatoms. The van der Waals surface area contributed by atoms with E-state index in [0.29, 0.717) is 11.7 Å². The van der Waals surface area contributed by atoms with Crippen LogP contribution in [0.15, 0.2) is 30.3 Å². The van der Waals surface area contributed by atoms with Gasteiger partial charge in [0.25, 0.3) is 0 Å². The first-order valence-corrected chi connectivity index (χ1v) is 6.41. The van der Waals surface area contributed by atoms with Crippen LogP contribution in [0, 0.1) is 11.8 Å². The molecule has 1 saturated heterocycles. The molecular weight excluding hydrogens is 210 g/mol. The van der Waals surface area contributed by atoms with Gasteiger partial charge in [-0.05, 0) is 18.4 Å². The van der Waals surface area contributed by atoms with Crippen LogP contribution in [0.5, 0.6) is 0 Å². The zero-order valence-electron chi connectivity index (χ0n) is 10.9. The minimum Gasteiger partial charge on any atom is -0.298 e. The summed E-state index contributed by atoms with van der Waals surface area (Å²) in [6, 6.07) is 10.4. The minimum absolute atomic E-state index is 0.0569. The second-order valence-corrected chi connectivity index (χ2v) is 5.26. The number of benzene rings is 1. The number of ketones is 1. The van der Waals surface area contributed by atoms with Gasteiger partial charge in [-0.25, -0.2) is 0 Å². The number of hydrogen-bond acceptors (Lipinski definition) is 2. The average Bonchev–Trinajstić information content (AvgIpc) is 2.35. The van der Waals surface area contributed by atoms with Crippen LogP contribution < -0.4 is 0 Å². The van der Waals surface area contributed by atoms with Crippen molar-refractivity contribution in [2.24, 2.45) is 11.8 Å². The summed E-state index contributed by atoms with van der Waals surface area (Å²) in [5.41, 5.74) is 1.29. The Bertz CT molecular complexity index is 387. The second-order valence-electron chi connectivity index (χ2n) is 5.26. The lowest BCUT2D eigenvalue weighted by molar-refractivity contribution is -0.133. The summed E-state index contributed by atoms with van der Waals surface area (Å²) in [4.78, 5) is 14.4. The molecule has 0 radical (unpaired) electrons. The lowest BCUT2D eigenvalue weighted by atomic mass is 9.83. The molecule has 0 saturated carbocycles. The van der Waals surface area contributed by atoms with Crippen LogP contribution in [0.2, 0.25) is 0 Å². The van der Waals surface area contributed by atoms with E-state index in [1.165, 1.54) is 5.56 Å². The molecule has 3 atom stereocenters. The molecule has 0 unspecified atom stereocenters. The normalized spacial score (nSPS) is 30.5. The van der Waals surface area contributed by atoms with Gasteiger partial charge in [0.15, 0.2) is 5.78 Å². The smallest absolute Gasteiger partial charge is 0.152 e. The fourth-order valence-corrected chi connectivity index (χ4v) is 2.55. The zero-order chi connectivity index (χ0) is 12.4. The van der Waals surface area contributed by atoms with Crippen LogP contribution in [0.4, 0.5) is 0 Å². The van der Waals surface area contributed by atoms with Gasteiger partial charge >= 0.3 is 0 Å². The van der Waals surface area contributed by atoms with Gasteiger partial charge in [-0.1, -0.05) is 44.2 Å². The summed E-state index contributed by atoms with van der Waals surface area (Å²) >= 11 is 0. The third-order valence-corrected chi connectivity index (χ3v) is 4.01. The lowest BCUT2D eigenvalue weighted by Gasteiger charge is -2.39. The number of likely N-dealkylation sites (tertiary alicyclic amines) is 1. The van der Waals surface area contributed by atoms with Crippen LogP contribution in [-0.2, 0) is 11.3 Å². The number of nitrogens with zero attached hydrogens (tertiary/aromatic N) is 1. The molecule has 17 heavy (non-hydrogen) atoms. The third kappa shape index (κ3) is 2.58. The second kappa shape index (κ2) is 5.01. The monoisotopic (exact) mass is 231 g/mol. The highest BCUT2D eigenvalue weighted by atomic mass is 16.1. The van der Waals surface area contributed by atoms with Crippen LogP contribution >= 0.6 is 0 Å². The van der Waals surface area contributed by atoms with Gasteiger partial charge in [0, 0.05) is 19.0 Å². The van der Waals surface area contributed by atoms with Crippen molar-refractivity contribution in [3.8, 4) is 0 Å². The van der Waals surface area contributed by atoms with E-state index in [9.17, 15) is 4.79 Å². The first-order chi connectivity index (χ1) is 8.09. The average molecular weight is 231 g/mol. The number of Topliss-reactive ketones (excluding diaryl/α,β-unsaturated/α-hetero) is 1. The molecule has 1 aliphatic rings. The van der Waals surface area contributed by atoms with Gasteiger partial charge in [0.2, 0.25) is 0 Å². The molecule has 1 aromatic carbocycles. The zero-order valence-corrected chi connectivity index (χ0v) is 10.9. The van der Waals surface area contributed by atoms with Crippen molar-refractivity contribution < 1.29 is 4.79 Å². The SMILES string of the molecule is C[C@@H]1CN(Cc2ccccc2)[C@@H](C)C(=O)[C@H]1C. The highest BCUT2D eigenvalue weighted by Crippen LogP contribution is 2.25. The van der Waals surface area contributed by atoms with Gasteiger partial charge in [-0.3, -0.25) is 9.69 Å². The highest BCUT2D eigenvalue weighted by Gasteiger charge is 2.35. The Balaban J connectivity index is 2.09. The highest BCUT2D eigenvalue weighted by molar-refractivity contribution is 5.86.